The number of hydrogen-bond acceptors (Lipinski definition) is 8. The van der Waals surface area contributed by atoms with Gasteiger partial charge >= 0.3 is 17.9 Å². The maximum Gasteiger partial charge on any atom is 0.306 e. The van der Waals surface area contributed by atoms with Gasteiger partial charge in [-0.1, -0.05) is 193 Å². The van der Waals surface area contributed by atoms with E-state index in [0.717, 1.165) is 116 Å². The normalized spacial score (nSPS) is 12.2. The Labute approximate surface area is 433 Å². The van der Waals surface area contributed by atoms with Gasteiger partial charge in [0, 0.05) is 44.7 Å². The highest BCUT2D eigenvalue weighted by Gasteiger charge is 2.22. The maximum atomic E-state index is 13.6. The fourth-order valence-corrected chi connectivity index (χ4v) is 8.93. The number of rotatable bonds is 53. The molecule has 0 bridgehead atoms. The Hall–Kier alpha value is -2.68. The molecule has 0 heterocycles. The minimum Gasteiger partial charge on any atom is -0.465 e. The molecule has 0 fully saturated rings. The van der Waals surface area contributed by atoms with Crippen molar-refractivity contribution in [3.63, 3.8) is 0 Å². The van der Waals surface area contributed by atoms with Crippen molar-refractivity contribution in [2.45, 2.75) is 291 Å². The molecule has 0 N–H and O–H groups in total. The second-order valence-electron chi connectivity index (χ2n) is 20.9. The van der Waals surface area contributed by atoms with Crippen LogP contribution in [0.4, 0.5) is 0 Å². The van der Waals surface area contributed by atoms with E-state index in [1.807, 2.05) is 19.0 Å². The third-order valence-electron chi connectivity index (χ3n) is 13.5. The number of amides is 1. The summed E-state index contributed by atoms with van der Waals surface area (Å²) >= 11 is 0. The molecular formula is C61H114N2O7. The second-order valence-corrected chi connectivity index (χ2v) is 20.9. The molecule has 0 aromatic carbocycles. The van der Waals surface area contributed by atoms with E-state index in [0.29, 0.717) is 45.2 Å². The molecule has 0 aliphatic rings. The number of allylic oxidation sites excluding steroid dienone is 4. The summed E-state index contributed by atoms with van der Waals surface area (Å²) in [5, 5.41) is 0. The highest BCUT2D eigenvalue weighted by atomic mass is 16.5. The predicted octanol–water partition coefficient (Wildman–Crippen LogP) is 16.8. The fraction of sp³-hybridized carbons (Fsp3) is 0.869. The lowest BCUT2D eigenvalue weighted by Crippen LogP contribution is -2.40. The number of esters is 3. The van der Waals surface area contributed by atoms with Crippen molar-refractivity contribution in [3.05, 3.63) is 24.3 Å². The number of carbonyl (C=O) groups excluding carboxylic acids is 4. The van der Waals surface area contributed by atoms with Crippen LogP contribution in [0.5, 0.6) is 0 Å². The molecule has 0 saturated heterocycles. The summed E-state index contributed by atoms with van der Waals surface area (Å²) in [5.74, 6) is -0.764. The van der Waals surface area contributed by atoms with E-state index in [-0.39, 0.29) is 49.1 Å². The molecule has 0 spiro atoms. The average Bonchev–Trinajstić information content (AvgIpc) is 3.34. The number of nitrogens with zero attached hydrogens (tertiary/aromatic N) is 2. The van der Waals surface area contributed by atoms with Crippen LogP contribution in [0.1, 0.15) is 285 Å². The first-order valence-electron chi connectivity index (χ1n) is 29.9. The van der Waals surface area contributed by atoms with Crippen LogP contribution in [0, 0.1) is 5.92 Å². The highest BCUT2D eigenvalue weighted by molar-refractivity contribution is 5.76. The van der Waals surface area contributed by atoms with Gasteiger partial charge in [0.15, 0.2) is 0 Å². The van der Waals surface area contributed by atoms with Gasteiger partial charge in [-0.2, -0.15) is 0 Å². The third kappa shape index (κ3) is 47.6. The Morgan fingerprint density at radius 1 is 0.414 bits per heavy atom. The predicted molar refractivity (Wildman–Crippen MR) is 296 cm³/mol. The van der Waals surface area contributed by atoms with Gasteiger partial charge in [-0.15, -0.1) is 0 Å². The molecule has 1 atom stereocenters. The lowest BCUT2D eigenvalue weighted by molar-refractivity contribution is -0.151. The van der Waals surface area contributed by atoms with Crippen LogP contribution in [0.2, 0.25) is 0 Å². The Bertz CT molecular complexity index is 1240. The maximum absolute atomic E-state index is 13.6. The molecule has 9 nitrogen and oxygen atoms in total. The molecular weight excluding hydrogens is 873 g/mol. The monoisotopic (exact) mass is 987 g/mol. The Morgan fingerprint density at radius 2 is 0.800 bits per heavy atom. The molecule has 1 unspecified atom stereocenters. The zero-order valence-corrected chi connectivity index (χ0v) is 47.0. The number of ether oxygens (including phenoxy) is 3. The van der Waals surface area contributed by atoms with E-state index < -0.39 is 0 Å². The molecule has 0 aromatic rings. The van der Waals surface area contributed by atoms with Crippen molar-refractivity contribution >= 4 is 23.8 Å². The summed E-state index contributed by atoms with van der Waals surface area (Å²) in [7, 11) is 4.08. The van der Waals surface area contributed by atoms with Gasteiger partial charge in [-0.05, 0) is 111 Å². The third-order valence-corrected chi connectivity index (χ3v) is 13.5. The van der Waals surface area contributed by atoms with Crippen molar-refractivity contribution in [1.29, 1.82) is 0 Å². The Morgan fingerprint density at radius 3 is 1.27 bits per heavy atom. The van der Waals surface area contributed by atoms with Crippen molar-refractivity contribution in [3.8, 4) is 0 Å². The average molecular weight is 988 g/mol. The van der Waals surface area contributed by atoms with Crippen LogP contribution >= 0.6 is 0 Å². The van der Waals surface area contributed by atoms with Gasteiger partial charge < -0.3 is 24.0 Å². The minimum atomic E-state index is -0.303. The van der Waals surface area contributed by atoms with Crippen molar-refractivity contribution in [2.24, 2.45) is 5.92 Å². The van der Waals surface area contributed by atoms with Gasteiger partial charge in [0.1, 0.15) is 6.10 Å². The molecule has 0 radical (unpaired) electrons. The molecule has 0 rings (SSSR count). The molecule has 1 amide bonds. The molecule has 410 valence electrons. The van der Waals surface area contributed by atoms with Crippen LogP contribution in [-0.4, -0.2) is 86.7 Å². The van der Waals surface area contributed by atoms with E-state index >= 15 is 0 Å². The Balaban J connectivity index is 5.08. The van der Waals surface area contributed by atoms with E-state index in [4.69, 9.17) is 14.2 Å². The zero-order chi connectivity index (χ0) is 51.4. The van der Waals surface area contributed by atoms with E-state index in [2.05, 4.69) is 56.9 Å². The van der Waals surface area contributed by atoms with Crippen LogP contribution in [0.3, 0.4) is 0 Å². The molecule has 0 saturated carbocycles. The molecule has 0 aliphatic heterocycles. The minimum absolute atomic E-state index is 0.0334. The number of carbonyl (C=O) groups is 4. The highest BCUT2D eigenvalue weighted by Crippen LogP contribution is 2.19. The first kappa shape index (κ1) is 67.3. The van der Waals surface area contributed by atoms with Gasteiger partial charge in [0.25, 0.3) is 0 Å². The lowest BCUT2D eigenvalue weighted by Gasteiger charge is -2.28. The zero-order valence-electron chi connectivity index (χ0n) is 47.0. The first-order valence-corrected chi connectivity index (χ1v) is 29.9. The van der Waals surface area contributed by atoms with Crippen molar-refractivity contribution in [1.82, 2.24) is 9.80 Å². The van der Waals surface area contributed by atoms with Crippen LogP contribution < -0.4 is 0 Å². The summed E-state index contributed by atoms with van der Waals surface area (Å²) in [6.07, 6.45) is 50.7. The van der Waals surface area contributed by atoms with Gasteiger partial charge in [0.05, 0.1) is 13.2 Å². The van der Waals surface area contributed by atoms with Crippen LogP contribution in [0.15, 0.2) is 24.3 Å². The summed E-state index contributed by atoms with van der Waals surface area (Å²) in [5.41, 5.74) is 0. The van der Waals surface area contributed by atoms with Crippen LogP contribution in [0.25, 0.3) is 0 Å². The van der Waals surface area contributed by atoms with Crippen LogP contribution in [-0.2, 0) is 33.4 Å². The molecule has 70 heavy (non-hydrogen) atoms. The molecule has 0 aromatic heterocycles. The summed E-state index contributed by atoms with van der Waals surface area (Å²) in [6, 6.07) is 0. The smallest absolute Gasteiger partial charge is 0.306 e. The first-order chi connectivity index (χ1) is 34.2. The van der Waals surface area contributed by atoms with E-state index in [1.54, 1.807) is 0 Å². The quantitative estimate of drug-likeness (QED) is 0.0257. The topological polar surface area (TPSA) is 102 Å². The van der Waals surface area contributed by atoms with Crippen molar-refractivity contribution < 1.29 is 33.4 Å². The molecule has 0 aliphatic carbocycles. The number of unbranched alkanes of at least 4 members (excludes halogenated alkanes) is 26. The Kier molecular flexibility index (Phi) is 50.6. The van der Waals surface area contributed by atoms with E-state index in [9.17, 15) is 19.2 Å². The number of hydrogen-bond donors (Lipinski definition) is 0. The summed E-state index contributed by atoms with van der Waals surface area (Å²) in [6.45, 7) is 11.0. The van der Waals surface area contributed by atoms with Gasteiger partial charge in [-0.25, -0.2) is 0 Å². The van der Waals surface area contributed by atoms with Gasteiger partial charge in [-0.3, -0.25) is 19.2 Å². The SMILES string of the molecule is CCCCC/C=C\C/C=C\CCCCCCCC(=O)OCC(COC(=O)CCCCCCC(=O)OC(CCCCCCCC)CCCCCCCC)CN(CCCN(C)C)C(=O)CCCCCCCC. The standard InChI is InChI=1S/C61H114N2O7/c1-7-11-15-19-23-24-25-26-27-28-29-30-31-35-41-48-59(65)68-54-56(53-63(52-44-51-62(5)6)58(64)47-40-34-22-18-14-10-4)55-69-60(66)49-42-36-37-43-50-61(67)70-57(45-38-32-20-16-12-8-2)46-39-33-21-17-13-9-3/h23-24,26-27,56-57H,7-22,25,28-55H2,1-6H3/b24-23-,27-26-. The lowest BCUT2D eigenvalue weighted by atomic mass is 10.0. The van der Waals surface area contributed by atoms with Gasteiger partial charge in [0.2, 0.25) is 5.91 Å². The summed E-state index contributed by atoms with van der Waals surface area (Å²) in [4.78, 5) is 56.6. The molecule has 9 heteroatoms. The van der Waals surface area contributed by atoms with E-state index in [1.165, 1.54) is 116 Å². The van der Waals surface area contributed by atoms with Crippen molar-refractivity contribution in [2.75, 3.05) is 46.9 Å². The fourth-order valence-electron chi connectivity index (χ4n) is 8.93. The summed E-state index contributed by atoms with van der Waals surface area (Å²) < 4.78 is 17.7. The second kappa shape index (κ2) is 52.6. The largest absolute Gasteiger partial charge is 0.465 e.